The summed E-state index contributed by atoms with van der Waals surface area (Å²) in [7, 11) is 0. The van der Waals surface area contributed by atoms with E-state index in [0.717, 1.165) is 22.3 Å². The first-order chi connectivity index (χ1) is 16.4. The van der Waals surface area contributed by atoms with Crippen molar-refractivity contribution >= 4 is 18.0 Å². The molecule has 34 heavy (non-hydrogen) atoms. The van der Waals surface area contributed by atoms with Crippen LogP contribution in [0.15, 0.2) is 61.1 Å². The quantitative estimate of drug-likeness (QED) is 0.386. The molecule has 9 nitrogen and oxygen atoms in total. The van der Waals surface area contributed by atoms with Crippen molar-refractivity contribution in [2.45, 2.75) is 25.3 Å². The molecule has 0 aliphatic heterocycles. The number of alkyl carbamates (subject to hydrolysis) is 1. The van der Waals surface area contributed by atoms with Gasteiger partial charge in [-0.1, -0.05) is 55.5 Å². The van der Waals surface area contributed by atoms with Crippen LogP contribution in [0, 0.1) is 5.92 Å². The number of H-pyrrole nitrogens is 1. The second-order valence-electron chi connectivity index (χ2n) is 8.29. The van der Waals surface area contributed by atoms with Crippen LogP contribution in [-0.4, -0.2) is 52.2 Å². The highest BCUT2D eigenvalue weighted by Gasteiger charge is 2.30. The van der Waals surface area contributed by atoms with Crippen LogP contribution in [-0.2, 0) is 20.7 Å². The van der Waals surface area contributed by atoms with Gasteiger partial charge in [0.25, 0.3) is 0 Å². The number of fused-ring (bicyclic) bond motifs is 3. The summed E-state index contributed by atoms with van der Waals surface area (Å²) in [5.41, 5.74) is 5.06. The number of hydrogen-bond donors (Lipinski definition) is 4. The standard InChI is InChI=1S/C25H26N4O5/c1-15(24(31)32)11-27-23(30)22(10-16-12-26-14-28-16)29-25(33)34-13-21-19-8-4-2-6-17(19)18-7-3-5-9-20(18)21/h2-9,12,14-15,21-22H,10-11,13H2,1H3,(H,26,28)(H,27,30)(H,29,33)(H,31,32)/t15?,22-/m1/s1. The minimum atomic E-state index is -1.02. The molecule has 2 aromatic carbocycles. The molecule has 1 heterocycles. The topological polar surface area (TPSA) is 133 Å². The molecule has 0 spiro atoms. The summed E-state index contributed by atoms with van der Waals surface area (Å²) in [6.45, 7) is 1.56. The predicted molar refractivity (Wildman–Crippen MR) is 124 cm³/mol. The van der Waals surface area contributed by atoms with Gasteiger partial charge in [-0.3, -0.25) is 9.59 Å². The van der Waals surface area contributed by atoms with Gasteiger partial charge in [0.15, 0.2) is 0 Å². The third-order valence-corrected chi connectivity index (χ3v) is 5.94. The van der Waals surface area contributed by atoms with Gasteiger partial charge in [-0.15, -0.1) is 0 Å². The summed E-state index contributed by atoms with van der Waals surface area (Å²) < 4.78 is 5.55. The Bertz CT molecular complexity index is 1130. The molecule has 1 aliphatic rings. The second kappa shape index (κ2) is 10.2. The Kier molecular flexibility index (Phi) is 6.91. The molecule has 1 aromatic heterocycles. The number of carbonyl (C=O) groups is 3. The number of carboxylic acid groups (broad SMARTS) is 1. The average Bonchev–Trinajstić information content (AvgIpc) is 3.46. The molecule has 0 bridgehead atoms. The summed E-state index contributed by atoms with van der Waals surface area (Å²) in [5, 5.41) is 14.2. The van der Waals surface area contributed by atoms with Crippen molar-refractivity contribution in [3.63, 3.8) is 0 Å². The van der Waals surface area contributed by atoms with E-state index in [1.807, 2.05) is 36.4 Å². The first kappa shape index (κ1) is 23.0. The zero-order valence-corrected chi connectivity index (χ0v) is 18.7. The number of aliphatic carboxylic acids is 1. The lowest BCUT2D eigenvalue weighted by molar-refractivity contribution is -0.141. The number of carbonyl (C=O) groups excluding carboxylic acids is 2. The molecule has 3 aromatic rings. The largest absolute Gasteiger partial charge is 0.481 e. The molecular formula is C25H26N4O5. The minimum Gasteiger partial charge on any atom is -0.481 e. The molecule has 0 saturated heterocycles. The maximum absolute atomic E-state index is 12.7. The number of nitrogens with zero attached hydrogens (tertiary/aromatic N) is 1. The third kappa shape index (κ3) is 5.09. The molecule has 1 aliphatic carbocycles. The minimum absolute atomic E-state index is 0.0555. The summed E-state index contributed by atoms with van der Waals surface area (Å²) in [4.78, 5) is 43.3. The van der Waals surface area contributed by atoms with E-state index in [9.17, 15) is 14.4 Å². The summed E-state index contributed by atoms with van der Waals surface area (Å²) >= 11 is 0. The van der Waals surface area contributed by atoms with Crippen LogP contribution in [0.1, 0.15) is 29.7 Å². The molecule has 0 saturated carbocycles. The lowest BCUT2D eigenvalue weighted by Gasteiger charge is -2.20. The van der Waals surface area contributed by atoms with Gasteiger partial charge >= 0.3 is 12.1 Å². The van der Waals surface area contributed by atoms with Crippen molar-refractivity contribution < 1.29 is 24.2 Å². The van der Waals surface area contributed by atoms with E-state index in [2.05, 4.69) is 32.7 Å². The van der Waals surface area contributed by atoms with Crippen molar-refractivity contribution in [3.05, 3.63) is 77.9 Å². The molecule has 0 fully saturated rings. The number of carboxylic acids is 1. The van der Waals surface area contributed by atoms with Crippen molar-refractivity contribution in [1.29, 1.82) is 0 Å². The number of rotatable bonds is 9. The van der Waals surface area contributed by atoms with Gasteiger partial charge in [0.2, 0.25) is 5.91 Å². The highest BCUT2D eigenvalue weighted by Crippen LogP contribution is 2.44. The highest BCUT2D eigenvalue weighted by molar-refractivity contribution is 5.86. The van der Waals surface area contributed by atoms with E-state index in [1.54, 1.807) is 6.20 Å². The van der Waals surface area contributed by atoms with Crippen LogP contribution in [0.4, 0.5) is 4.79 Å². The first-order valence-corrected chi connectivity index (χ1v) is 11.0. The van der Waals surface area contributed by atoms with Gasteiger partial charge in [-0.2, -0.15) is 0 Å². The van der Waals surface area contributed by atoms with Crippen LogP contribution in [0.3, 0.4) is 0 Å². The van der Waals surface area contributed by atoms with Gasteiger partial charge in [-0.25, -0.2) is 9.78 Å². The normalized spacial score (nSPS) is 13.9. The van der Waals surface area contributed by atoms with Crippen LogP contribution in [0.5, 0.6) is 0 Å². The molecular weight excluding hydrogens is 436 g/mol. The summed E-state index contributed by atoms with van der Waals surface area (Å²) in [6.07, 6.45) is 2.45. The Morgan fingerprint density at radius 3 is 2.32 bits per heavy atom. The van der Waals surface area contributed by atoms with Crippen molar-refractivity contribution in [1.82, 2.24) is 20.6 Å². The second-order valence-corrected chi connectivity index (χ2v) is 8.29. The third-order valence-electron chi connectivity index (χ3n) is 5.94. The summed E-state index contributed by atoms with van der Waals surface area (Å²) in [6, 6.07) is 15.1. The molecule has 2 atom stereocenters. The van der Waals surface area contributed by atoms with Gasteiger partial charge in [-0.05, 0) is 22.3 Å². The van der Waals surface area contributed by atoms with E-state index in [0.29, 0.717) is 5.69 Å². The molecule has 4 N–H and O–H groups in total. The SMILES string of the molecule is CC(CNC(=O)[C@@H](Cc1cnc[nH]1)NC(=O)OCC1c2ccccc2-c2ccccc21)C(=O)O. The average molecular weight is 463 g/mol. The number of hydrogen-bond acceptors (Lipinski definition) is 5. The number of nitrogens with one attached hydrogen (secondary N) is 3. The van der Waals surface area contributed by atoms with Gasteiger partial charge in [0.1, 0.15) is 12.6 Å². The van der Waals surface area contributed by atoms with E-state index < -0.39 is 29.9 Å². The fraction of sp³-hybridized carbons (Fsp3) is 0.280. The lowest BCUT2D eigenvalue weighted by atomic mass is 9.98. The predicted octanol–water partition coefficient (Wildman–Crippen LogP) is 2.70. The molecule has 2 amide bonds. The van der Waals surface area contributed by atoms with Crippen molar-refractivity contribution in [2.75, 3.05) is 13.2 Å². The van der Waals surface area contributed by atoms with Crippen LogP contribution in [0.2, 0.25) is 0 Å². The fourth-order valence-corrected chi connectivity index (χ4v) is 4.07. The number of imidazole rings is 1. The Morgan fingerprint density at radius 2 is 1.74 bits per heavy atom. The molecule has 176 valence electrons. The first-order valence-electron chi connectivity index (χ1n) is 11.0. The zero-order chi connectivity index (χ0) is 24.1. The maximum atomic E-state index is 12.7. The number of ether oxygens (including phenoxy) is 1. The van der Waals surface area contributed by atoms with E-state index in [4.69, 9.17) is 9.84 Å². The van der Waals surface area contributed by atoms with Crippen molar-refractivity contribution in [3.8, 4) is 11.1 Å². The monoisotopic (exact) mass is 462 g/mol. The van der Waals surface area contributed by atoms with E-state index in [-0.39, 0.29) is 25.5 Å². The smallest absolute Gasteiger partial charge is 0.407 e. The Labute approximate surface area is 196 Å². The molecule has 4 rings (SSSR count). The highest BCUT2D eigenvalue weighted by atomic mass is 16.5. The summed E-state index contributed by atoms with van der Waals surface area (Å²) in [5.74, 6) is -2.38. The fourth-order valence-electron chi connectivity index (χ4n) is 4.07. The van der Waals surface area contributed by atoms with Gasteiger partial charge in [0.05, 0.1) is 12.2 Å². The Balaban J connectivity index is 1.42. The number of aromatic amines is 1. The van der Waals surface area contributed by atoms with E-state index in [1.165, 1.54) is 13.3 Å². The molecule has 0 radical (unpaired) electrons. The van der Waals surface area contributed by atoms with Gasteiger partial charge < -0.3 is 25.5 Å². The van der Waals surface area contributed by atoms with Gasteiger partial charge in [0, 0.05) is 30.8 Å². The molecule has 1 unspecified atom stereocenters. The number of aromatic nitrogens is 2. The van der Waals surface area contributed by atoms with E-state index >= 15 is 0 Å². The molecule has 9 heteroatoms. The zero-order valence-electron chi connectivity index (χ0n) is 18.7. The lowest BCUT2D eigenvalue weighted by Crippen LogP contribution is -2.49. The number of amides is 2. The number of benzene rings is 2. The van der Waals surface area contributed by atoms with Crippen LogP contribution >= 0.6 is 0 Å². The van der Waals surface area contributed by atoms with Crippen LogP contribution in [0.25, 0.3) is 11.1 Å². The Morgan fingerprint density at radius 1 is 1.09 bits per heavy atom. The maximum Gasteiger partial charge on any atom is 0.407 e. The Hall–Kier alpha value is -4.14. The van der Waals surface area contributed by atoms with Crippen molar-refractivity contribution in [2.24, 2.45) is 5.92 Å². The van der Waals surface area contributed by atoms with Crippen LogP contribution < -0.4 is 10.6 Å².